The molecule has 454 valence electrons. The van der Waals surface area contributed by atoms with E-state index in [9.17, 15) is 14.4 Å². The minimum absolute atomic E-state index is 0.132. The Kier molecular flexibility index (Phi) is 62.5. The van der Waals surface area contributed by atoms with Gasteiger partial charge in [0, 0.05) is 19.3 Å². The van der Waals surface area contributed by atoms with Gasteiger partial charge in [0.15, 0.2) is 6.10 Å². The van der Waals surface area contributed by atoms with E-state index in [1.54, 1.807) is 0 Å². The predicted molar refractivity (Wildman–Crippen MR) is 357 cm³/mol. The van der Waals surface area contributed by atoms with Gasteiger partial charge in [-0.1, -0.05) is 266 Å². The third-order valence-corrected chi connectivity index (χ3v) is 12.5. The van der Waals surface area contributed by atoms with Crippen LogP contribution >= 0.6 is 0 Å². The zero-order chi connectivity index (χ0) is 59.2. The Labute approximate surface area is 502 Å². The van der Waals surface area contributed by atoms with Crippen molar-refractivity contribution in [2.75, 3.05) is 13.2 Å². The van der Waals surface area contributed by atoms with Gasteiger partial charge in [-0.3, -0.25) is 14.4 Å². The Hall–Kier alpha value is -6.01. The molecule has 1 unspecified atom stereocenters. The van der Waals surface area contributed by atoms with Crippen molar-refractivity contribution in [1.82, 2.24) is 0 Å². The van der Waals surface area contributed by atoms with E-state index in [2.05, 4.69) is 215 Å². The average molecular weight is 1120 g/mol. The van der Waals surface area contributed by atoms with Crippen LogP contribution in [0.4, 0.5) is 0 Å². The zero-order valence-corrected chi connectivity index (χ0v) is 51.9. The summed E-state index contributed by atoms with van der Waals surface area (Å²) in [5, 5.41) is 0. The van der Waals surface area contributed by atoms with Gasteiger partial charge in [-0.05, 0) is 154 Å². The number of hydrogen-bond donors (Lipinski definition) is 0. The number of rotatable bonds is 55. The number of esters is 3. The summed E-state index contributed by atoms with van der Waals surface area (Å²) in [7, 11) is 0. The van der Waals surface area contributed by atoms with Crippen molar-refractivity contribution in [3.8, 4) is 0 Å². The molecule has 0 spiro atoms. The summed E-state index contributed by atoms with van der Waals surface area (Å²) in [6, 6.07) is 0. The molecule has 0 rings (SSSR count). The molecule has 0 aromatic rings. The smallest absolute Gasteiger partial charge is 0.306 e. The van der Waals surface area contributed by atoms with Crippen LogP contribution in [0.15, 0.2) is 207 Å². The van der Waals surface area contributed by atoms with Gasteiger partial charge < -0.3 is 14.2 Å². The van der Waals surface area contributed by atoms with Crippen LogP contribution < -0.4 is 0 Å². The molecule has 0 aliphatic carbocycles. The molecule has 0 aliphatic heterocycles. The third-order valence-electron chi connectivity index (χ3n) is 12.5. The Morgan fingerprint density at radius 2 is 0.500 bits per heavy atom. The largest absolute Gasteiger partial charge is 0.462 e. The van der Waals surface area contributed by atoms with Gasteiger partial charge in [0.05, 0.1) is 0 Å². The number of allylic oxidation sites excluding steroid dienone is 34. The lowest BCUT2D eigenvalue weighted by molar-refractivity contribution is -0.166. The summed E-state index contributed by atoms with van der Waals surface area (Å²) >= 11 is 0. The number of unbranched alkanes of at least 4 members (excludes halogenated alkanes) is 10. The van der Waals surface area contributed by atoms with Crippen molar-refractivity contribution < 1.29 is 28.6 Å². The zero-order valence-electron chi connectivity index (χ0n) is 51.9. The lowest BCUT2D eigenvalue weighted by atomic mass is 10.1. The van der Waals surface area contributed by atoms with Crippen molar-refractivity contribution in [3.63, 3.8) is 0 Å². The number of ether oxygens (including phenoxy) is 3. The van der Waals surface area contributed by atoms with Crippen LogP contribution in [-0.4, -0.2) is 37.2 Å². The van der Waals surface area contributed by atoms with Gasteiger partial charge in [0.2, 0.25) is 0 Å². The standard InChI is InChI=1S/C76H114O6/c1-4-7-10-13-16-19-22-24-26-28-30-31-32-33-34-35-36-37-38-39-40-41-42-43-44-45-47-48-50-52-54-57-60-63-66-69-75(78)81-72-73(71-80-74(77)68-65-62-59-56-21-18-15-12-9-6-3)82-76(79)70-67-64-61-58-55-53-51-49-46-29-27-25-23-20-17-14-11-8-5-2/h7-8,10-12,15-17,19-20,24-27,30-31,33-34,36-37,39-40,42-43,45-47,49-50,52-53,55,61,64,73H,4-6,9,13-14,18,21-23,28-29,32,35,38,41,44,48,51,54,56-60,62-63,65-72H2,1-3H3/b10-7-,11-8-,15-12-,19-16-,20-17-,26-24-,27-25-,31-30-,34-33-,37-36-,40-39-,43-42-,47-45-,49-46-,52-50-,55-53-,64-61-. The molecular formula is C76H114O6. The second-order valence-electron chi connectivity index (χ2n) is 20.2. The molecule has 0 aromatic heterocycles. The summed E-state index contributed by atoms with van der Waals surface area (Å²) in [5.74, 6) is -1.07. The summed E-state index contributed by atoms with van der Waals surface area (Å²) in [5.41, 5.74) is 0. The monoisotopic (exact) mass is 1120 g/mol. The topological polar surface area (TPSA) is 78.9 Å². The first-order valence-electron chi connectivity index (χ1n) is 32.1. The van der Waals surface area contributed by atoms with Gasteiger partial charge >= 0.3 is 17.9 Å². The molecule has 0 heterocycles. The van der Waals surface area contributed by atoms with Crippen molar-refractivity contribution >= 4 is 17.9 Å². The highest BCUT2D eigenvalue weighted by Crippen LogP contribution is 2.12. The maximum absolute atomic E-state index is 12.8. The average Bonchev–Trinajstić information content (AvgIpc) is 3.48. The summed E-state index contributed by atoms with van der Waals surface area (Å²) < 4.78 is 16.7. The second-order valence-corrected chi connectivity index (χ2v) is 20.2. The van der Waals surface area contributed by atoms with Crippen molar-refractivity contribution in [3.05, 3.63) is 207 Å². The first-order chi connectivity index (χ1) is 40.5. The van der Waals surface area contributed by atoms with Gasteiger partial charge in [-0.25, -0.2) is 0 Å². The molecule has 0 saturated carbocycles. The molecule has 0 aromatic carbocycles. The Balaban J connectivity index is 4.40. The van der Waals surface area contributed by atoms with E-state index >= 15 is 0 Å². The van der Waals surface area contributed by atoms with Crippen LogP contribution in [-0.2, 0) is 28.6 Å². The number of carbonyl (C=O) groups excluding carboxylic acids is 3. The molecule has 0 fully saturated rings. The molecule has 1 atom stereocenters. The van der Waals surface area contributed by atoms with Gasteiger partial charge in [0.1, 0.15) is 13.2 Å². The fourth-order valence-corrected chi connectivity index (χ4v) is 7.79. The van der Waals surface area contributed by atoms with Crippen molar-refractivity contribution in [1.29, 1.82) is 0 Å². The molecule has 0 amide bonds. The normalized spacial score (nSPS) is 13.5. The van der Waals surface area contributed by atoms with Crippen molar-refractivity contribution in [2.45, 2.75) is 239 Å². The molecule has 0 saturated heterocycles. The summed E-state index contributed by atoms with van der Waals surface area (Å²) in [4.78, 5) is 38.1. The second kappa shape index (κ2) is 67.5. The Morgan fingerprint density at radius 1 is 0.256 bits per heavy atom. The quantitative estimate of drug-likeness (QED) is 0.0261. The highest BCUT2D eigenvalue weighted by molar-refractivity contribution is 5.71. The van der Waals surface area contributed by atoms with Crippen LogP contribution in [0.25, 0.3) is 0 Å². The Bertz CT molecular complexity index is 2020. The van der Waals surface area contributed by atoms with Crippen LogP contribution in [0.5, 0.6) is 0 Å². The third kappa shape index (κ3) is 64.8. The fourth-order valence-electron chi connectivity index (χ4n) is 7.79. The fraction of sp³-hybridized carbons (Fsp3) is 0.513. The molecule has 0 bridgehead atoms. The van der Waals surface area contributed by atoms with E-state index in [0.29, 0.717) is 19.3 Å². The van der Waals surface area contributed by atoms with E-state index in [-0.39, 0.29) is 31.6 Å². The SMILES string of the molecule is CC/C=C\C/C=C\C/C=C\C/C=C\C/C=C\C/C=C\C/C=C\C/C=C\C/C=C\C/C=C\CCCCCCC(=O)OCC(COC(=O)CCCCCCC/C=C\CCC)OC(=O)CC/C=C\C/C=C\C/C=C\C/C=C\C/C=C\C/C=C\CC. The molecule has 6 nitrogen and oxygen atoms in total. The van der Waals surface area contributed by atoms with Crippen LogP contribution in [0, 0.1) is 0 Å². The minimum Gasteiger partial charge on any atom is -0.462 e. The first kappa shape index (κ1) is 76.0. The maximum Gasteiger partial charge on any atom is 0.306 e. The molecular weight excluding hydrogens is 1010 g/mol. The van der Waals surface area contributed by atoms with Gasteiger partial charge in [-0.2, -0.15) is 0 Å². The maximum atomic E-state index is 12.8. The highest BCUT2D eigenvalue weighted by Gasteiger charge is 2.19. The molecule has 0 aliphatic rings. The minimum atomic E-state index is -0.845. The van der Waals surface area contributed by atoms with Crippen molar-refractivity contribution in [2.24, 2.45) is 0 Å². The summed E-state index contributed by atoms with van der Waals surface area (Å²) in [6.07, 6.45) is 104. The van der Waals surface area contributed by atoms with E-state index in [4.69, 9.17) is 14.2 Å². The van der Waals surface area contributed by atoms with Crippen LogP contribution in [0.3, 0.4) is 0 Å². The van der Waals surface area contributed by atoms with E-state index in [0.717, 1.165) is 173 Å². The molecule has 82 heavy (non-hydrogen) atoms. The van der Waals surface area contributed by atoms with E-state index in [1.165, 1.54) is 12.8 Å². The first-order valence-corrected chi connectivity index (χ1v) is 32.1. The van der Waals surface area contributed by atoms with Crippen LogP contribution in [0.2, 0.25) is 0 Å². The van der Waals surface area contributed by atoms with Gasteiger partial charge in [-0.15, -0.1) is 0 Å². The molecule has 6 heteroatoms. The van der Waals surface area contributed by atoms with E-state index < -0.39 is 12.1 Å². The molecule has 0 radical (unpaired) electrons. The lowest BCUT2D eigenvalue weighted by Crippen LogP contribution is -2.30. The highest BCUT2D eigenvalue weighted by atomic mass is 16.6. The predicted octanol–water partition coefficient (Wildman–Crippen LogP) is 22.4. The number of hydrogen-bond acceptors (Lipinski definition) is 6. The summed E-state index contributed by atoms with van der Waals surface area (Å²) in [6.45, 7) is 6.23. The Morgan fingerprint density at radius 3 is 0.805 bits per heavy atom. The van der Waals surface area contributed by atoms with Crippen LogP contribution in [0.1, 0.15) is 233 Å². The van der Waals surface area contributed by atoms with E-state index in [1.807, 2.05) is 12.2 Å². The molecule has 0 N–H and O–H groups in total. The van der Waals surface area contributed by atoms with Gasteiger partial charge in [0.25, 0.3) is 0 Å². The number of carbonyl (C=O) groups is 3. The lowest BCUT2D eigenvalue weighted by Gasteiger charge is -2.18.